The van der Waals surface area contributed by atoms with Gasteiger partial charge in [-0.15, -0.1) is 0 Å². The van der Waals surface area contributed by atoms with Gasteiger partial charge in [0, 0.05) is 6.54 Å². The molecule has 14 heavy (non-hydrogen) atoms. The van der Waals surface area contributed by atoms with Crippen molar-refractivity contribution in [3.05, 3.63) is 24.1 Å². The lowest BCUT2D eigenvalue weighted by molar-refractivity contribution is 0.176. The number of aliphatic hydroxyl groups excluding tert-OH is 1. The summed E-state index contributed by atoms with van der Waals surface area (Å²) in [6.07, 6.45) is 2.48. The van der Waals surface area contributed by atoms with E-state index in [9.17, 15) is 9.50 Å². The summed E-state index contributed by atoms with van der Waals surface area (Å²) in [6.45, 7) is 2.46. The molecule has 78 valence electrons. The Morgan fingerprint density at radius 2 is 2.36 bits per heavy atom. The van der Waals surface area contributed by atoms with Gasteiger partial charge in [0.25, 0.3) is 0 Å². The number of aliphatic hydroxyl groups is 1. The fourth-order valence-electron chi connectivity index (χ4n) is 1.14. The van der Waals surface area contributed by atoms with Gasteiger partial charge in [0.05, 0.1) is 12.3 Å². The average Bonchev–Trinajstić information content (AvgIpc) is 2.17. The predicted octanol–water partition coefficient (Wildman–Crippen LogP) is 1.79. The second-order valence-corrected chi connectivity index (χ2v) is 3.19. The van der Waals surface area contributed by atoms with E-state index in [1.807, 2.05) is 6.92 Å². The van der Waals surface area contributed by atoms with Crippen molar-refractivity contribution in [1.29, 1.82) is 0 Å². The highest BCUT2D eigenvalue weighted by Crippen LogP contribution is 2.04. The van der Waals surface area contributed by atoms with Crippen LogP contribution in [0.2, 0.25) is 0 Å². The smallest absolute Gasteiger partial charge is 0.141 e. The molecule has 1 aromatic heterocycles. The number of hydrogen-bond donors (Lipinski definition) is 2. The maximum absolute atomic E-state index is 12.5. The number of rotatable bonds is 5. The Hall–Kier alpha value is -1.16. The molecule has 2 N–H and O–H groups in total. The summed E-state index contributed by atoms with van der Waals surface area (Å²) in [6, 6.07) is 2.88. The normalized spacial score (nSPS) is 12.5. The molecule has 0 bridgehead atoms. The summed E-state index contributed by atoms with van der Waals surface area (Å²) in [5.41, 5.74) is 0. The van der Waals surface area contributed by atoms with E-state index < -0.39 is 0 Å². The lowest BCUT2D eigenvalue weighted by Gasteiger charge is -2.10. The molecule has 4 heteroatoms. The molecule has 1 atom stereocenters. The summed E-state index contributed by atoms with van der Waals surface area (Å²) in [5, 5.41) is 12.3. The van der Waals surface area contributed by atoms with Crippen LogP contribution in [0, 0.1) is 5.82 Å². The van der Waals surface area contributed by atoms with E-state index in [4.69, 9.17) is 0 Å². The van der Waals surface area contributed by atoms with Crippen molar-refractivity contribution >= 4 is 5.82 Å². The van der Waals surface area contributed by atoms with Crippen LogP contribution in [-0.4, -0.2) is 22.7 Å². The zero-order chi connectivity index (χ0) is 10.4. The minimum absolute atomic E-state index is 0.357. The molecule has 0 spiro atoms. The van der Waals surface area contributed by atoms with Gasteiger partial charge in [-0.25, -0.2) is 9.37 Å². The van der Waals surface area contributed by atoms with Gasteiger partial charge < -0.3 is 10.4 Å². The monoisotopic (exact) mass is 198 g/mol. The van der Waals surface area contributed by atoms with Gasteiger partial charge in [-0.1, -0.05) is 13.3 Å². The highest BCUT2D eigenvalue weighted by atomic mass is 19.1. The minimum atomic E-state index is -0.369. The van der Waals surface area contributed by atoms with Gasteiger partial charge in [0.1, 0.15) is 11.6 Å². The Balaban J connectivity index is 2.34. The Bertz CT molecular complexity index is 263. The van der Waals surface area contributed by atoms with Crippen LogP contribution in [0.15, 0.2) is 18.3 Å². The van der Waals surface area contributed by atoms with E-state index in [0.717, 1.165) is 19.0 Å². The van der Waals surface area contributed by atoms with Crippen molar-refractivity contribution in [3.63, 3.8) is 0 Å². The largest absolute Gasteiger partial charge is 0.391 e. The van der Waals surface area contributed by atoms with Crippen LogP contribution in [0.25, 0.3) is 0 Å². The van der Waals surface area contributed by atoms with Gasteiger partial charge in [-0.2, -0.15) is 0 Å². The first kappa shape index (κ1) is 10.9. The number of anilines is 1. The van der Waals surface area contributed by atoms with Gasteiger partial charge >= 0.3 is 0 Å². The molecule has 0 saturated carbocycles. The molecular formula is C10H15FN2O. The Morgan fingerprint density at radius 1 is 1.57 bits per heavy atom. The van der Waals surface area contributed by atoms with Crippen molar-refractivity contribution < 1.29 is 9.50 Å². The topological polar surface area (TPSA) is 45.1 Å². The van der Waals surface area contributed by atoms with Crippen LogP contribution in [0.1, 0.15) is 19.8 Å². The molecule has 1 aromatic rings. The van der Waals surface area contributed by atoms with Gasteiger partial charge in [-0.05, 0) is 18.6 Å². The second-order valence-electron chi connectivity index (χ2n) is 3.19. The SMILES string of the molecule is CCCC(O)CNc1ccc(F)cn1. The maximum Gasteiger partial charge on any atom is 0.141 e. The first-order chi connectivity index (χ1) is 6.72. The molecule has 0 aliphatic heterocycles. The summed E-state index contributed by atoms with van der Waals surface area (Å²) in [5.74, 6) is 0.228. The standard InChI is InChI=1S/C10H15FN2O/c1-2-3-9(14)7-13-10-5-4-8(11)6-12-10/h4-6,9,14H,2-3,7H2,1H3,(H,12,13). The van der Waals surface area contributed by atoms with Crippen molar-refractivity contribution in [1.82, 2.24) is 4.98 Å². The predicted molar refractivity (Wildman–Crippen MR) is 53.6 cm³/mol. The number of halogens is 1. The zero-order valence-electron chi connectivity index (χ0n) is 8.20. The van der Waals surface area contributed by atoms with Crippen LogP contribution in [0.4, 0.5) is 10.2 Å². The molecule has 1 rings (SSSR count). The molecule has 0 aliphatic rings. The fourth-order valence-corrected chi connectivity index (χ4v) is 1.14. The van der Waals surface area contributed by atoms with Crippen molar-refractivity contribution in [2.24, 2.45) is 0 Å². The van der Waals surface area contributed by atoms with Gasteiger partial charge in [0.15, 0.2) is 0 Å². The lowest BCUT2D eigenvalue weighted by atomic mass is 10.2. The summed E-state index contributed by atoms with van der Waals surface area (Å²) >= 11 is 0. The molecule has 0 aromatic carbocycles. The molecule has 0 fully saturated rings. The highest BCUT2D eigenvalue weighted by molar-refractivity contribution is 5.33. The number of hydrogen-bond acceptors (Lipinski definition) is 3. The molecular weight excluding hydrogens is 183 g/mol. The lowest BCUT2D eigenvalue weighted by Crippen LogP contribution is -2.19. The number of nitrogens with one attached hydrogen (secondary N) is 1. The quantitative estimate of drug-likeness (QED) is 0.758. The molecule has 1 heterocycles. The third-order valence-electron chi connectivity index (χ3n) is 1.87. The molecule has 0 amide bonds. The first-order valence-electron chi connectivity index (χ1n) is 4.76. The zero-order valence-corrected chi connectivity index (χ0v) is 8.20. The average molecular weight is 198 g/mol. The highest BCUT2D eigenvalue weighted by Gasteiger charge is 2.02. The van der Waals surface area contributed by atoms with E-state index >= 15 is 0 Å². The maximum atomic E-state index is 12.5. The Labute approximate surface area is 83.0 Å². The third kappa shape index (κ3) is 3.70. The molecule has 0 aliphatic carbocycles. The Kier molecular flexibility index (Phi) is 4.32. The first-order valence-corrected chi connectivity index (χ1v) is 4.76. The van der Waals surface area contributed by atoms with E-state index in [1.54, 1.807) is 6.07 Å². The van der Waals surface area contributed by atoms with E-state index in [1.165, 1.54) is 6.07 Å². The molecule has 3 nitrogen and oxygen atoms in total. The third-order valence-corrected chi connectivity index (χ3v) is 1.87. The summed E-state index contributed by atoms with van der Waals surface area (Å²) in [4.78, 5) is 3.81. The molecule has 0 saturated heterocycles. The van der Waals surface area contributed by atoms with E-state index in [2.05, 4.69) is 10.3 Å². The number of aromatic nitrogens is 1. The van der Waals surface area contributed by atoms with E-state index in [0.29, 0.717) is 12.4 Å². The van der Waals surface area contributed by atoms with Crippen LogP contribution >= 0.6 is 0 Å². The van der Waals surface area contributed by atoms with E-state index in [-0.39, 0.29) is 11.9 Å². The molecule has 0 radical (unpaired) electrons. The van der Waals surface area contributed by atoms with Gasteiger partial charge in [0.2, 0.25) is 0 Å². The number of nitrogens with zero attached hydrogens (tertiary/aromatic N) is 1. The van der Waals surface area contributed by atoms with Crippen LogP contribution in [0.5, 0.6) is 0 Å². The van der Waals surface area contributed by atoms with Crippen LogP contribution < -0.4 is 5.32 Å². The van der Waals surface area contributed by atoms with Crippen LogP contribution in [-0.2, 0) is 0 Å². The summed E-state index contributed by atoms with van der Waals surface area (Å²) in [7, 11) is 0. The summed E-state index contributed by atoms with van der Waals surface area (Å²) < 4.78 is 12.5. The minimum Gasteiger partial charge on any atom is -0.391 e. The van der Waals surface area contributed by atoms with Crippen molar-refractivity contribution in [2.45, 2.75) is 25.9 Å². The second kappa shape index (κ2) is 5.54. The molecule has 1 unspecified atom stereocenters. The fraction of sp³-hybridized carbons (Fsp3) is 0.500. The van der Waals surface area contributed by atoms with Crippen LogP contribution in [0.3, 0.4) is 0 Å². The number of pyridine rings is 1. The van der Waals surface area contributed by atoms with Crippen molar-refractivity contribution in [2.75, 3.05) is 11.9 Å². The Morgan fingerprint density at radius 3 is 2.93 bits per heavy atom. The van der Waals surface area contributed by atoms with Crippen molar-refractivity contribution in [3.8, 4) is 0 Å². The van der Waals surface area contributed by atoms with Gasteiger partial charge in [-0.3, -0.25) is 0 Å².